The van der Waals surface area contributed by atoms with Gasteiger partial charge in [-0.3, -0.25) is 4.79 Å². The van der Waals surface area contributed by atoms with Crippen LogP contribution in [-0.4, -0.2) is 34.7 Å². The molecule has 1 amide bonds. The van der Waals surface area contributed by atoms with Crippen LogP contribution >= 0.6 is 12.6 Å². The number of amides is 1. The Balaban J connectivity index is 2.02. The van der Waals surface area contributed by atoms with E-state index in [4.69, 9.17) is 5.73 Å². The molecule has 2 rings (SSSR count). The zero-order chi connectivity index (χ0) is 10.1. The largest absolute Gasteiger partial charge is 0.337 e. The predicted molar refractivity (Wildman–Crippen MR) is 59.3 cm³/mol. The van der Waals surface area contributed by atoms with Gasteiger partial charge < -0.3 is 10.6 Å². The first-order valence-electron chi connectivity index (χ1n) is 5.41. The Kier molecular flexibility index (Phi) is 3.02. The molecule has 0 aromatic carbocycles. The van der Waals surface area contributed by atoms with E-state index in [1.165, 1.54) is 12.8 Å². The topological polar surface area (TPSA) is 46.3 Å². The molecule has 80 valence electrons. The molecule has 0 bridgehead atoms. The van der Waals surface area contributed by atoms with E-state index in [0.717, 1.165) is 19.4 Å². The van der Waals surface area contributed by atoms with E-state index in [0.29, 0.717) is 6.42 Å². The SMILES string of the molecule is N[C@H]1CCCC[C@@H]1N1CC(S)CC1=O. The molecule has 1 saturated heterocycles. The summed E-state index contributed by atoms with van der Waals surface area (Å²) in [6.07, 6.45) is 5.15. The first-order chi connectivity index (χ1) is 6.68. The molecule has 4 heteroatoms. The molecule has 0 radical (unpaired) electrons. The van der Waals surface area contributed by atoms with Crippen molar-refractivity contribution in [2.45, 2.75) is 49.4 Å². The highest BCUT2D eigenvalue weighted by Crippen LogP contribution is 2.27. The van der Waals surface area contributed by atoms with Gasteiger partial charge in [0.2, 0.25) is 5.91 Å². The molecule has 1 aliphatic carbocycles. The second-order valence-electron chi connectivity index (χ2n) is 4.42. The third-order valence-electron chi connectivity index (χ3n) is 3.32. The van der Waals surface area contributed by atoms with Crippen LogP contribution in [0.2, 0.25) is 0 Å². The third kappa shape index (κ3) is 1.91. The van der Waals surface area contributed by atoms with E-state index >= 15 is 0 Å². The summed E-state index contributed by atoms with van der Waals surface area (Å²) in [5.74, 6) is 0.243. The Morgan fingerprint density at radius 2 is 2.07 bits per heavy atom. The summed E-state index contributed by atoms with van der Waals surface area (Å²) in [5.41, 5.74) is 6.05. The first-order valence-corrected chi connectivity index (χ1v) is 5.93. The zero-order valence-electron chi connectivity index (χ0n) is 8.35. The number of hydrogen-bond acceptors (Lipinski definition) is 3. The first kappa shape index (κ1) is 10.3. The van der Waals surface area contributed by atoms with E-state index < -0.39 is 0 Å². The van der Waals surface area contributed by atoms with Crippen LogP contribution < -0.4 is 5.73 Å². The van der Waals surface area contributed by atoms with Crippen molar-refractivity contribution in [3.8, 4) is 0 Å². The fourth-order valence-corrected chi connectivity index (χ4v) is 2.89. The second-order valence-corrected chi connectivity index (χ2v) is 5.15. The summed E-state index contributed by atoms with van der Waals surface area (Å²) < 4.78 is 0. The van der Waals surface area contributed by atoms with Gasteiger partial charge in [0, 0.05) is 30.3 Å². The average molecular weight is 214 g/mol. The summed E-state index contributed by atoms with van der Waals surface area (Å²) in [6.45, 7) is 0.792. The Hall–Kier alpha value is -0.220. The minimum atomic E-state index is 0.186. The van der Waals surface area contributed by atoms with Crippen molar-refractivity contribution >= 4 is 18.5 Å². The monoisotopic (exact) mass is 214 g/mol. The van der Waals surface area contributed by atoms with Gasteiger partial charge in [-0.05, 0) is 12.8 Å². The van der Waals surface area contributed by atoms with Crippen LogP contribution in [0.3, 0.4) is 0 Å². The van der Waals surface area contributed by atoms with Crippen molar-refractivity contribution in [1.29, 1.82) is 0 Å². The second kappa shape index (κ2) is 4.11. The Morgan fingerprint density at radius 3 is 2.64 bits per heavy atom. The number of nitrogens with zero attached hydrogens (tertiary/aromatic N) is 1. The smallest absolute Gasteiger partial charge is 0.224 e. The van der Waals surface area contributed by atoms with Gasteiger partial charge in [0.25, 0.3) is 0 Å². The molecule has 1 heterocycles. The molecule has 14 heavy (non-hydrogen) atoms. The molecule has 2 aliphatic rings. The van der Waals surface area contributed by atoms with Crippen LogP contribution in [0.15, 0.2) is 0 Å². The number of thiol groups is 1. The van der Waals surface area contributed by atoms with Crippen molar-refractivity contribution < 1.29 is 4.79 Å². The molecule has 2 fully saturated rings. The van der Waals surface area contributed by atoms with Crippen molar-refractivity contribution in [2.24, 2.45) is 5.73 Å². The average Bonchev–Trinajstić information content (AvgIpc) is 2.46. The lowest BCUT2D eigenvalue weighted by atomic mass is 9.90. The zero-order valence-corrected chi connectivity index (χ0v) is 9.25. The third-order valence-corrected chi connectivity index (χ3v) is 3.67. The number of nitrogens with two attached hydrogens (primary N) is 1. The molecule has 3 atom stereocenters. The maximum atomic E-state index is 11.7. The molecular weight excluding hydrogens is 196 g/mol. The minimum absolute atomic E-state index is 0.186. The van der Waals surface area contributed by atoms with Crippen LogP contribution in [0.4, 0.5) is 0 Å². The molecule has 0 spiro atoms. The van der Waals surface area contributed by atoms with Crippen molar-refractivity contribution in [3.63, 3.8) is 0 Å². The van der Waals surface area contributed by atoms with Gasteiger partial charge in [0.15, 0.2) is 0 Å². The van der Waals surface area contributed by atoms with Gasteiger partial charge in [-0.25, -0.2) is 0 Å². The van der Waals surface area contributed by atoms with E-state index in [-0.39, 0.29) is 23.2 Å². The fourth-order valence-electron chi connectivity index (χ4n) is 2.56. The Labute approximate surface area is 90.4 Å². The van der Waals surface area contributed by atoms with E-state index in [1.54, 1.807) is 0 Å². The minimum Gasteiger partial charge on any atom is -0.337 e. The van der Waals surface area contributed by atoms with Gasteiger partial charge in [0.05, 0.1) is 0 Å². The molecule has 0 aromatic heterocycles. The van der Waals surface area contributed by atoms with Gasteiger partial charge in [-0.2, -0.15) is 12.6 Å². The molecule has 1 aliphatic heterocycles. The summed E-state index contributed by atoms with van der Waals surface area (Å²) in [5, 5.41) is 0.219. The standard InChI is InChI=1S/C10H18N2OS/c11-8-3-1-2-4-9(8)12-6-7(14)5-10(12)13/h7-9,14H,1-6,11H2/t7?,8-,9-/m0/s1. The highest BCUT2D eigenvalue weighted by atomic mass is 32.1. The lowest BCUT2D eigenvalue weighted by molar-refractivity contribution is -0.130. The summed E-state index contributed by atoms with van der Waals surface area (Å²) in [4.78, 5) is 13.6. The highest BCUT2D eigenvalue weighted by molar-refractivity contribution is 7.81. The Morgan fingerprint density at radius 1 is 1.36 bits per heavy atom. The summed E-state index contributed by atoms with van der Waals surface area (Å²) in [6, 6.07) is 0.472. The van der Waals surface area contributed by atoms with E-state index in [2.05, 4.69) is 12.6 Å². The van der Waals surface area contributed by atoms with Gasteiger partial charge in [-0.1, -0.05) is 12.8 Å². The van der Waals surface area contributed by atoms with Crippen molar-refractivity contribution in [2.75, 3.05) is 6.54 Å². The lowest BCUT2D eigenvalue weighted by Crippen LogP contribution is -2.50. The van der Waals surface area contributed by atoms with Gasteiger partial charge >= 0.3 is 0 Å². The van der Waals surface area contributed by atoms with Crippen LogP contribution in [0.25, 0.3) is 0 Å². The van der Waals surface area contributed by atoms with Crippen LogP contribution in [0.5, 0.6) is 0 Å². The van der Waals surface area contributed by atoms with Crippen molar-refractivity contribution in [3.05, 3.63) is 0 Å². The normalized spacial score (nSPS) is 39.1. The number of carbonyl (C=O) groups is 1. The van der Waals surface area contributed by atoms with Gasteiger partial charge in [0.1, 0.15) is 0 Å². The molecule has 3 nitrogen and oxygen atoms in total. The number of carbonyl (C=O) groups excluding carboxylic acids is 1. The quantitative estimate of drug-likeness (QED) is 0.634. The maximum Gasteiger partial charge on any atom is 0.224 e. The van der Waals surface area contributed by atoms with Crippen LogP contribution in [-0.2, 0) is 4.79 Å². The Bertz CT molecular complexity index is 234. The number of likely N-dealkylation sites (tertiary alicyclic amines) is 1. The summed E-state index contributed by atoms with van der Waals surface area (Å²) in [7, 11) is 0. The van der Waals surface area contributed by atoms with Crippen molar-refractivity contribution in [1.82, 2.24) is 4.90 Å². The molecule has 1 unspecified atom stereocenters. The fraction of sp³-hybridized carbons (Fsp3) is 0.900. The van der Waals surface area contributed by atoms with Crippen LogP contribution in [0, 0.1) is 0 Å². The number of hydrogen-bond donors (Lipinski definition) is 2. The lowest BCUT2D eigenvalue weighted by Gasteiger charge is -2.36. The summed E-state index contributed by atoms with van der Waals surface area (Å²) >= 11 is 4.36. The van der Waals surface area contributed by atoms with Crippen LogP contribution in [0.1, 0.15) is 32.1 Å². The van der Waals surface area contributed by atoms with E-state index in [1.807, 2.05) is 4.90 Å². The number of rotatable bonds is 1. The predicted octanol–water partition coefficient (Wildman–Crippen LogP) is 0.787. The molecule has 2 N–H and O–H groups in total. The molecule has 0 aromatic rings. The molecule has 1 saturated carbocycles. The highest BCUT2D eigenvalue weighted by Gasteiger charge is 2.36. The van der Waals surface area contributed by atoms with Gasteiger partial charge in [-0.15, -0.1) is 0 Å². The maximum absolute atomic E-state index is 11.7. The van der Waals surface area contributed by atoms with E-state index in [9.17, 15) is 4.79 Å². The molecular formula is C10H18N2OS.